The van der Waals surface area contributed by atoms with E-state index >= 15 is 0 Å². The summed E-state index contributed by atoms with van der Waals surface area (Å²) >= 11 is 1.23. The van der Waals surface area contributed by atoms with E-state index < -0.39 is 33.8 Å². The van der Waals surface area contributed by atoms with Crippen molar-refractivity contribution in [2.24, 2.45) is 0 Å². The molecule has 7 nitrogen and oxygen atoms in total. The Morgan fingerprint density at radius 1 is 1.03 bits per heavy atom. The van der Waals surface area contributed by atoms with E-state index in [1.165, 1.54) is 11.5 Å². The van der Waals surface area contributed by atoms with E-state index in [0.717, 1.165) is 9.87 Å². The van der Waals surface area contributed by atoms with Crippen LogP contribution in [0.15, 0.2) is 30.3 Å². The van der Waals surface area contributed by atoms with Crippen molar-refractivity contribution in [2.45, 2.75) is 43.7 Å². The molecule has 1 aromatic heterocycles. The first-order valence-corrected chi connectivity index (χ1v) is 13.2. The molecule has 2 heterocycles. The number of carbonyl (C=O) groups is 1. The van der Waals surface area contributed by atoms with Crippen LogP contribution in [0.1, 0.15) is 43.5 Å². The summed E-state index contributed by atoms with van der Waals surface area (Å²) < 4.78 is 67.6. The number of hydrogen-bond acceptors (Lipinski definition) is 7. The highest BCUT2D eigenvalue weighted by Crippen LogP contribution is 2.43. The highest BCUT2D eigenvalue weighted by molar-refractivity contribution is 7.89. The number of Topliss-reactive ketones (excluding diaryl/α,β-unsaturated/α-hetero) is 1. The van der Waals surface area contributed by atoms with Crippen molar-refractivity contribution < 1.29 is 26.4 Å². The summed E-state index contributed by atoms with van der Waals surface area (Å²) in [5.74, 6) is -0.0288. The lowest BCUT2D eigenvalue weighted by Crippen LogP contribution is -2.49. The van der Waals surface area contributed by atoms with Gasteiger partial charge >= 0.3 is 6.18 Å². The molecule has 12 heteroatoms. The molecular weight excluding hydrogens is 477 g/mol. The second-order valence-corrected chi connectivity index (χ2v) is 11.3. The molecule has 180 valence electrons. The van der Waals surface area contributed by atoms with Gasteiger partial charge in [-0.1, -0.05) is 30.3 Å². The van der Waals surface area contributed by atoms with Gasteiger partial charge in [-0.3, -0.25) is 4.79 Å². The van der Waals surface area contributed by atoms with E-state index in [4.69, 9.17) is 4.98 Å². The van der Waals surface area contributed by atoms with Gasteiger partial charge in [0.1, 0.15) is 5.78 Å². The Labute approximate surface area is 194 Å². The fourth-order valence-electron chi connectivity index (χ4n) is 4.42. The summed E-state index contributed by atoms with van der Waals surface area (Å²) in [7, 11) is -3.96. The van der Waals surface area contributed by atoms with Crippen LogP contribution in [0.4, 0.5) is 18.3 Å². The topological polar surface area (TPSA) is 83.5 Å². The van der Waals surface area contributed by atoms with Gasteiger partial charge in [0, 0.05) is 50.6 Å². The molecule has 4 rings (SSSR count). The van der Waals surface area contributed by atoms with Crippen LogP contribution in [0.3, 0.4) is 0 Å². The van der Waals surface area contributed by atoms with Crippen molar-refractivity contribution in [3.8, 4) is 0 Å². The molecule has 0 spiro atoms. The normalized spacial score (nSPS) is 20.2. The second kappa shape index (κ2) is 9.30. The van der Waals surface area contributed by atoms with E-state index in [1.807, 2.05) is 35.2 Å². The van der Waals surface area contributed by atoms with Crippen molar-refractivity contribution >= 4 is 32.5 Å². The molecule has 33 heavy (non-hydrogen) atoms. The van der Waals surface area contributed by atoms with Gasteiger partial charge in [0.05, 0.1) is 17.6 Å². The molecule has 0 radical (unpaired) electrons. The zero-order valence-electron chi connectivity index (χ0n) is 17.9. The molecule has 0 bridgehead atoms. The van der Waals surface area contributed by atoms with Gasteiger partial charge in [-0.05, 0) is 18.4 Å². The molecule has 0 N–H and O–H groups in total. The third-order valence-corrected chi connectivity index (χ3v) is 9.03. The number of sulfonamides is 1. The SMILES string of the molecule is O=C1CCC(c2ccccc2)(c2nsc(N3CCN(S(=O)(=O)CCC(F)(F)F)CC3)n2)CC1. The molecule has 2 aromatic rings. The molecule has 0 atom stereocenters. The van der Waals surface area contributed by atoms with Crippen LogP contribution in [0.25, 0.3) is 0 Å². The molecule has 2 fully saturated rings. The van der Waals surface area contributed by atoms with Crippen molar-refractivity contribution in [3.05, 3.63) is 41.7 Å². The lowest BCUT2D eigenvalue weighted by Gasteiger charge is -2.35. The van der Waals surface area contributed by atoms with Gasteiger partial charge in [0.25, 0.3) is 0 Å². The Kier molecular flexibility index (Phi) is 6.79. The third-order valence-electron chi connectivity index (χ3n) is 6.38. The number of alkyl halides is 3. The molecule has 1 aromatic carbocycles. The molecular formula is C21H25F3N4O3S2. The average Bonchev–Trinajstić information content (AvgIpc) is 3.30. The van der Waals surface area contributed by atoms with E-state index in [1.54, 1.807) is 0 Å². The molecule has 0 amide bonds. The Hall–Kier alpha value is -2.05. The van der Waals surface area contributed by atoms with Crippen LogP contribution in [-0.2, 0) is 20.2 Å². The Balaban J connectivity index is 1.47. The Bertz CT molecular complexity index is 1070. The van der Waals surface area contributed by atoms with Crippen molar-refractivity contribution in [1.82, 2.24) is 13.7 Å². The largest absolute Gasteiger partial charge is 0.390 e. The van der Waals surface area contributed by atoms with Crippen molar-refractivity contribution in [1.29, 1.82) is 0 Å². The van der Waals surface area contributed by atoms with Crippen LogP contribution < -0.4 is 4.90 Å². The van der Waals surface area contributed by atoms with Gasteiger partial charge in [0.2, 0.25) is 15.2 Å². The number of benzene rings is 1. The first-order valence-electron chi connectivity index (χ1n) is 10.8. The lowest BCUT2D eigenvalue weighted by atomic mass is 9.68. The van der Waals surface area contributed by atoms with Gasteiger partial charge in [-0.15, -0.1) is 0 Å². The predicted octanol–water partition coefficient (Wildman–Crippen LogP) is 3.37. The summed E-state index contributed by atoms with van der Waals surface area (Å²) in [6.07, 6.45) is -3.64. The fourth-order valence-corrected chi connectivity index (χ4v) is 6.70. The number of carbonyl (C=O) groups excluding carboxylic acids is 1. The predicted molar refractivity (Wildman–Crippen MR) is 119 cm³/mol. The molecule has 0 unspecified atom stereocenters. The first kappa shape index (κ1) is 24.1. The number of hydrogen-bond donors (Lipinski definition) is 0. The third kappa shape index (κ3) is 5.38. The average molecular weight is 503 g/mol. The van der Waals surface area contributed by atoms with Crippen LogP contribution in [-0.4, -0.2) is 66.0 Å². The minimum atomic E-state index is -4.50. The highest BCUT2D eigenvalue weighted by Gasteiger charge is 2.42. The molecule has 1 aliphatic heterocycles. The van der Waals surface area contributed by atoms with E-state index in [-0.39, 0.29) is 18.9 Å². The van der Waals surface area contributed by atoms with E-state index in [0.29, 0.717) is 49.7 Å². The highest BCUT2D eigenvalue weighted by atomic mass is 32.2. The second-order valence-electron chi connectivity index (χ2n) is 8.45. The number of ketones is 1. The van der Waals surface area contributed by atoms with Crippen LogP contribution in [0.2, 0.25) is 0 Å². The monoisotopic (exact) mass is 502 g/mol. The quantitative estimate of drug-likeness (QED) is 0.602. The molecule has 2 aliphatic rings. The van der Waals surface area contributed by atoms with Gasteiger partial charge < -0.3 is 4.90 Å². The van der Waals surface area contributed by atoms with Crippen LogP contribution in [0, 0.1) is 0 Å². The summed E-state index contributed by atoms with van der Waals surface area (Å²) in [6.45, 7) is 0.869. The standard InChI is InChI=1S/C21H25F3N4O3S2/c22-21(23,24)10-15-33(30,31)28-13-11-27(12-14-28)19-25-18(26-32-19)20(8-6-17(29)7-9-20)16-4-2-1-3-5-16/h1-5H,6-15H2. The maximum absolute atomic E-state index is 12.4. The zero-order chi connectivity index (χ0) is 23.7. The number of halogens is 3. The van der Waals surface area contributed by atoms with Crippen molar-refractivity contribution in [3.63, 3.8) is 0 Å². The number of nitrogens with zero attached hydrogens (tertiary/aromatic N) is 4. The summed E-state index contributed by atoms with van der Waals surface area (Å²) in [6, 6.07) is 9.91. The number of anilines is 1. The van der Waals surface area contributed by atoms with E-state index in [9.17, 15) is 26.4 Å². The van der Waals surface area contributed by atoms with E-state index in [2.05, 4.69) is 4.37 Å². The minimum Gasteiger partial charge on any atom is -0.344 e. The molecule has 1 saturated carbocycles. The Morgan fingerprint density at radius 2 is 1.67 bits per heavy atom. The Morgan fingerprint density at radius 3 is 2.27 bits per heavy atom. The van der Waals surface area contributed by atoms with Gasteiger partial charge in [-0.2, -0.15) is 21.9 Å². The smallest absolute Gasteiger partial charge is 0.344 e. The van der Waals surface area contributed by atoms with Crippen LogP contribution in [0.5, 0.6) is 0 Å². The van der Waals surface area contributed by atoms with Crippen LogP contribution >= 0.6 is 11.5 Å². The van der Waals surface area contributed by atoms with Gasteiger partial charge in [-0.25, -0.2) is 13.4 Å². The summed E-state index contributed by atoms with van der Waals surface area (Å²) in [5, 5.41) is 0.657. The molecule has 1 aliphatic carbocycles. The minimum absolute atomic E-state index is 0.105. The number of rotatable bonds is 6. The lowest BCUT2D eigenvalue weighted by molar-refractivity contribution is -0.130. The number of piperazine rings is 1. The maximum Gasteiger partial charge on any atom is 0.390 e. The first-order chi connectivity index (χ1) is 15.6. The zero-order valence-corrected chi connectivity index (χ0v) is 19.6. The fraction of sp³-hybridized carbons (Fsp3) is 0.571. The van der Waals surface area contributed by atoms with Crippen molar-refractivity contribution in [2.75, 3.05) is 36.8 Å². The number of aromatic nitrogens is 2. The summed E-state index contributed by atoms with van der Waals surface area (Å²) in [5.41, 5.74) is 0.634. The van der Waals surface area contributed by atoms with Gasteiger partial charge in [0.15, 0.2) is 5.82 Å². The molecule has 1 saturated heterocycles. The summed E-state index contributed by atoms with van der Waals surface area (Å²) in [4.78, 5) is 18.6. The maximum atomic E-state index is 12.4.